The van der Waals surface area contributed by atoms with Gasteiger partial charge in [0, 0.05) is 10.0 Å². The lowest BCUT2D eigenvalue weighted by molar-refractivity contribution is 0.408. The van der Waals surface area contributed by atoms with Gasteiger partial charge in [-0.3, -0.25) is 0 Å². The van der Waals surface area contributed by atoms with E-state index in [0.29, 0.717) is 5.76 Å². The summed E-state index contributed by atoms with van der Waals surface area (Å²) >= 11 is 9.75. The molecular weight excluding hydrogens is 291 g/mol. The van der Waals surface area contributed by atoms with Crippen molar-refractivity contribution in [2.75, 3.05) is 7.11 Å². The highest BCUT2D eigenvalue weighted by molar-refractivity contribution is 9.10. The Bertz CT molecular complexity index is 468. The van der Waals surface area contributed by atoms with E-state index < -0.39 is 0 Å². The first-order valence-corrected chi connectivity index (χ1v) is 5.96. The molecule has 1 unspecified atom stereocenters. The summed E-state index contributed by atoms with van der Waals surface area (Å²) in [7, 11) is 1.62. The van der Waals surface area contributed by atoms with E-state index in [1.165, 1.54) is 0 Å². The SMILES string of the molecule is COc1ccc(Br)cc1C(Cl)c1ccco1. The van der Waals surface area contributed by atoms with E-state index in [0.717, 1.165) is 15.8 Å². The van der Waals surface area contributed by atoms with Crippen LogP contribution >= 0.6 is 27.5 Å². The maximum atomic E-state index is 6.33. The highest BCUT2D eigenvalue weighted by atomic mass is 79.9. The van der Waals surface area contributed by atoms with Gasteiger partial charge in [0.25, 0.3) is 0 Å². The van der Waals surface area contributed by atoms with Crippen LogP contribution in [0.15, 0.2) is 45.5 Å². The molecule has 2 aromatic rings. The molecule has 0 fully saturated rings. The Morgan fingerprint density at radius 2 is 2.19 bits per heavy atom. The maximum absolute atomic E-state index is 6.33. The van der Waals surface area contributed by atoms with Crippen LogP contribution in [0, 0.1) is 0 Å². The van der Waals surface area contributed by atoms with E-state index in [1.54, 1.807) is 13.4 Å². The van der Waals surface area contributed by atoms with Crippen molar-refractivity contribution in [1.82, 2.24) is 0 Å². The number of ether oxygens (including phenoxy) is 1. The molecule has 0 radical (unpaired) electrons. The minimum atomic E-state index is -0.345. The first kappa shape index (κ1) is 11.6. The summed E-state index contributed by atoms with van der Waals surface area (Å²) in [6.07, 6.45) is 1.61. The molecule has 2 nitrogen and oxygen atoms in total. The fraction of sp³-hybridized carbons (Fsp3) is 0.167. The predicted molar refractivity (Wildman–Crippen MR) is 67.1 cm³/mol. The molecule has 1 aromatic carbocycles. The minimum absolute atomic E-state index is 0.345. The van der Waals surface area contributed by atoms with Gasteiger partial charge < -0.3 is 9.15 Å². The van der Waals surface area contributed by atoms with Crippen molar-refractivity contribution in [2.45, 2.75) is 5.38 Å². The summed E-state index contributed by atoms with van der Waals surface area (Å²) in [5.41, 5.74) is 0.883. The van der Waals surface area contributed by atoms with E-state index in [1.807, 2.05) is 30.3 Å². The van der Waals surface area contributed by atoms with Gasteiger partial charge in [0.05, 0.1) is 13.4 Å². The van der Waals surface area contributed by atoms with Gasteiger partial charge in [0.1, 0.15) is 16.9 Å². The zero-order valence-electron chi connectivity index (χ0n) is 8.61. The Morgan fingerprint density at radius 3 is 2.81 bits per heavy atom. The fourth-order valence-corrected chi connectivity index (χ4v) is 2.17. The number of alkyl halides is 1. The van der Waals surface area contributed by atoms with Gasteiger partial charge in [-0.25, -0.2) is 0 Å². The molecule has 0 aliphatic heterocycles. The number of hydrogen-bond donors (Lipinski definition) is 0. The number of benzene rings is 1. The Kier molecular flexibility index (Phi) is 3.56. The average molecular weight is 302 g/mol. The van der Waals surface area contributed by atoms with Crippen molar-refractivity contribution < 1.29 is 9.15 Å². The molecule has 0 bridgehead atoms. The molecular formula is C12H10BrClO2. The second kappa shape index (κ2) is 4.93. The second-order valence-electron chi connectivity index (χ2n) is 3.26. The van der Waals surface area contributed by atoms with Gasteiger partial charge in [-0.05, 0) is 30.3 Å². The maximum Gasteiger partial charge on any atom is 0.126 e. The summed E-state index contributed by atoms with van der Waals surface area (Å²) in [6, 6.07) is 9.37. The molecule has 1 atom stereocenters. The standard InChI is InChI=1S/C12H10BrClO2/c1-15-10-5-4-8(13)7-9(10)12(14)11-3-2-6-16-11/h2-7,12H,1H3. The topological polar surface area (TPSA) is 22.4 Å². The molecule has 0 aliphatic carbocycles. The average Bonchev–Trinajstić information content (AvgIpc) is 2.81. The molecule has 0 saturated carbocycles. The van der Waals surface area contributed by atoms with Crippen LogP contribution in [0.5, 0.6) is 5.75 Å². The smallest absolute Gasteiger partial charge is 0.126 e. The highest BCUT2D eigenvalue weighted by Gasteiger charge is 2.18. The molecule has 1 aromatic heterocycles. The molecule has 2 rings (SSSR count). The van der Waals surface area contributed by atoms with Crippen LogP contribution in [0.2, 0.25) is 0 Å². The molecule has 0 amide bonds. The molecule has 0 saturated heterocycles. The molecule has 0 N–H and O–H groups in total. The quantitative estimate of drug-likeness (QED) is 0.785. The van der Waals surface area contributed by atoms with E-state index >= 15 is 0 Å². The number of hydrogen-bond acceptors (Lipinski definition) is 2. The van der Waals surface area contributed by atoms with Gasteiger partial charge >= 0.3 is 0 Å². The minimum Gasteiger partial charge on any atom is -0.496 e. The van der Waals surface area contributed by atoms with Gasteiger partial charge in [-0.2, -0.15) is 0 Å². The lowest BCUT2D eigenvalue weighted by atomic mass is 10.1. The summed E-state index contributed by atoms with van der Waals surface area (Å²) in [6.45, 7) is 0. The van der Waals surface area contributed by atoms with Gasteiger partial charge in [-0.15, -0.1) is 11.6 Å². The second-order valence-corrected chi connectivity index (χ2v) is 4.62. The molecule has 1 heterocycles. The zero-order valence-corrected chi connectivity index (χ0v) is 11.0. The Hall–Kier alpha value is -0.930. The largest absolute Gasteiger partial charge is 0.496 e. The summed E-state index contributed by atoms with van der Waals surface area (Å²) < 4.78 is 11.5. The molecule has 0 spiro atoms. The monoisotopic (exact) mass is 300 g/mol. The van der Waals surface area contributed by atoms with Gasteiger partial charge in [-0.1, -0.05) is 15.9 Å². The van der Waals surface area contributed by atoms with Crippen LogP contribution in [0.25, 0.3) is 0 Å². The van der Waals surface area contributed by atoms with Crippen LogP contribution in [-0.2, 0) is 0 Å². The van der Waals surface area contributed by atoms with Crippen LogP contribution in [0.4, 0.5) is 0 Å². The van der Waals surface area contributed by atoms with E-state index in [9.17, 15) is 0 Å². The molecule has 0 aliphatic rings. The van der Waals surface area contributed by atoms with Crippen LogP contribution in [0.1, 0.15) is 16.7 Å². The van der Waals surface area contributed by atoms with Crippen molar-refractivity contribution in [2.24, 2.45) is 0 Å². The van der Waals surface area contributed by atoms with Gasteiger partial charge in [0.2, 0.25) is 0 Å². The van der Waals surface area contributed by atoms with Crippen LogP contribution < -0.4 is 4.74 Å². The van der Waals surface area contributed by atoms with Crippen molar-refractivity contribution >= 4 is 27.5 Å². The van der Waals surface area contributed by atoms with Crippen molar-refractivity contribution in [1.29, 1.82) is 0 Å². The fourth-order valence-electron chi connectivity index (χ4n) is 1.49. The lowest BCUT2D eigenvalue weighted by Crippen LogP contribution is -1.96. The third-order valence-electron chi connectivity index (χ3n) is 2.26. The third-order valence-corrected chi connectivity index (χ3v) is 3.20. The Morgan fingerprint density at radius 1 is 1.38 bits per heavy atom. The Labute approximate surface area is 107 Å². The van der Waals surface area contributed by atoms with Crippen molar-refractivity contribution in [3.8, 4) is 5.75 Å². The first-order chi connectivity index (χ1) is 7.72. The lowest BCUT2D eigenvalue weighted by Gasteiger charge is -2.12. The third kappa shape index (κ3) is 2.25. The van der Waals surface area contributed by atoms with E-state index in [4.69, 9.17) is 20.8 Å². The van der Waals surface area contributed by atoms with Crippen LogP contribution in [0.3, 0.4) is 0 Å². The number of methoxy groups -OCH3 is 1. The number of furan rings is 1. The Balaban J connectivity index is 2.42. The number of rotatable bonds is 3. The first-order valence-electron chi connectivity index (χ1n) is 4.73. The predicted octanol–water partition coefficient (Wildman–Crippen LogP) is 4.38. The van der Waals surface area contributed by atoms with E-state index in [2.05, 4.69) is 15.9 Å². The summed E-state index contributed by atoms with van der Waals surface area (Å²) in [5.74, 6) is 1.46. The molecule has 16 heavy (non-hydrogen) atoms. The van der Waals surface area contributed by atoms with Gasteiger partial charge in [0.15, 0.2) is 0 Å². The van der Waals surface area contributed by atoms with Crippen molar-refractivity contribution in [3.63, 3.8) is 0 Å². The highest BCUT2D eigenvalue weighted by Crippen LogP contribution is 2.36. The van der Waals surface area contributed by atoms with Crippen LogP contribution in [-0.4, -0.2) is 7.11 Å². The normalized spacial score (nSPS) is 12.4. The molecule has 4 heteroatoms. The van der Waals surface area contributed by atoms with E-state index in [-0.39, 0.29) is 5.38 Å². The molecule has 84 valence electrons. The summed E-state index contributed by atoms with van der Waals surface area (Å²) in [5, 5.41) is -0.345. The summed E-state index contributed by atoms with van der Waals surface area (Å²) in [4.78, 5) is 0. The number of halogens is 2. The zero-order chi connectivity index (χ0) is 11.5. The van der Waals surface area contributed by atoms with Crippen molar-refractivity contribution in [3.05, 3.63) is 52.4 Å².